The SMILES string of the molecule is CC(C)(C)OC(=O)NC1(c2cccc(Br)n2)CC1. The van der Waals surface area contributed by atoms with E-state index in [1.165, 1.54) is 0 Å². The molecule has 1 fully saturated rings. The van der Waals surface area contributed by atoms with E-state index in [1.807, 2.05) is 39.0 Å². The molecule has 0 aromatic carbocycles. The van der Waals surface area contributed by atoms with Gasteiger partial charge in [0.15, 0.2) is 0 Å². The Bertz CT molecular complexity index is 464. The Morgan fingerprint density at radius 1 is 1.44 bits per heavy atom. The van der Waals surface area contributed by atoms with E-state index < -0.39 is 5.60 Å². The number of halogens is 1. The van der Waals surface area contributed by atoms with E-state index in [9.17, 15) is 4.79 Å². The van der Waals surface area contributed by atoms with Crippen molar-refractivity contribution >= 4 is 22.0 Å². The smallest absolute Gasteiger partial charge is 0.408 e. The zero-order chi connectivity index (χ0) is 13.4. The van der Waals surface area contributed by atoms with Crippen molar-refractivity contribution in [2.24, 2.45) is 0 Å². The van der Waals surface area contributed by atoms with Crippen LogP contribution in [0, 0.1) is 0 Å². The lowest BCUT2D eigenvalue weighted by Crippen LogP contribution is -2.39. The van der Waals surface area contributed by atoms with Gasteiger partial charge in [-0.25, -0.2) is 9.78 Å². The van der Waals surface area contributed by atoms with Crippen LogP contribution >= 0.6 is 15.9 Å². The molecule has 1 aliphatic carbocycles. The Labute approximate surface area is 115 Å². The number of carbonyl (C=O) groups excluding carboxylic acids is 1. The quantitative estimate of drug-likeness (QED) is 0.852. The third kappa shape index (κ3) is 3.22. The van der Waals surface area contributed by atoms with Crippen molar-refractivity contribution in [2.75, 3.05) is 0 Å². The number of nitrogens with zero attached hydrogens (tertiary/aromatic N) is 1. The molecular formula is C13H17BrN2O2. The second kappa shape index (κ2) is 4.53. The van der Waals surface area contributed by atoms with E-state index in [0.29, 0.717) is 0 Å². The number of nitrogens with one attached hydrogen (secondary N) is 1. The number of amides is 1. The van der Waals surface area contributed by atoms with E-state index in [0.717, 1.165) is 23.1 Å². The second-order valence-electron chi connectivity index (χ2n) is 5.55. The molecule has 1 heterocycles. The Morgan fingerprint density at radius 3 is 2.61 bits per heavy atom. The molecule has 0 aliphatic heterocycles. The summed E-state index contributed by atoms with van der Waals surface area (Å²) >= 11 is 3.34. The number of aromatic nitrogens is 1. The van der Waals surface area contributed by atoms with Crippen LogP contribution in [0.5, 0.6) is 0 Å². The van der Waals surface area contributed by atoms with Gasteiger partial charge in [-0.1, -0.05) is 6.07 Å². The molecule has 4 nitrogen and oxygen atoms in total. The average molecular weight is 313 g/mol. The molecule has 0 saturated heterocycles. The summed E-state index contributed by atoms with van der Waals surface area (Å²) in [6, 6.07) is 5.71. The number of hydrogen-bond donors (Lipinski definition) is 1. The molecule has 1 aromatic rings. The molecule has 1 saturated carbocycles. The minimum absolute atomic E-state index is 0.341. The van der Waals surface area contributed by atoms with Gasteiger partial charge in [0.1, 0.15) is 10.2 Å². The van der Waals surface area contributed by atoms with Crippen molar-refractivity contribution < 1.29 is 9.53 Å². The summed E-state index contributed by atoms with van der Waals surface area (Å²) in [4.78, 5) is 16.2. The molecule has 0 atom stereocenters. The van der Waals surface area contributed by atoms with Gasteiger partial charge in [0.05, 0.1) is 11.2 Å². The van der Waals surface area contributed by atoms with Gasteiger partial charge in [0.2, 0.25) is 0 Å². The van der Waals surface area contributed by atoms with Crippen molar-refractivity contribution in [3.63, 3.8) is 0 Å². The zero-order valence-electron chi connectivity index (χ0n) is 10.8. The van der Waals surface area contributed by atoms with Crippen LogP contribution < -0.4 is 5.32 Å². The van der Waals surface area contributed by atoms with Gasteiger partial charge in [-0.2, -0.15) is 0 Å². The normalized spacial score (nSPS) is 17.1. The summed E-state index contributed by atoms with van der Waals surface area (Å²) in [6.45, 7) is 5.55. The van der Waals surface area contributed by atoms with E-state index in [-0.39, 0.29) is 11.6 Å². The molecule has 18 heavy (non-hydrogen) atoms. The Morgan fingerprint density at radius 2 is 2.11 bits per heavy atom. The molecule has 0 unspecified atom stereocenters. The third-order valence-electron chi connectivity index (χ3n) is 2.70. The highest BCUT2D eigenvalue weighted by atomic mass is 79.9. The molecule has 0 bridgehead atoms. The predicted molar refractivity (Wildman–Crippen MR) is 72.2 cm³/mol. The lowest BCUT2D eigenvalue weighted by atomic mass is 10.1. The van der Waals surface area contributed by atoms with Crippen LogP contribution in [0.4, 0.5) is 4.79 Å². The fourth-order valence-electron chi connectivity index (χ4n) is 1.74. The minimum atomic E-state index is -0.481. The van der Waals surface area contributed by atoms with E-state index in [2.05, 4.69) is 26.2 Å². The van der Waals surface area contributed by atoms with Gasteiger partial charge in [0.25, 0.3) is 0 Å². The maximum atomic E-state index is 11.8. The van der Waals surface area contributed by atoms with Gasteiger partial charge in [-0.15, -0.1) is 0 Å². The monoisotopic (exact) mass is 312 g/mol. The van der Waals surface area contributed by atoms with Gasteiger partial charge >= 0.3 is 6.09 Å². The van der Waals surface area contributed by atoms with Crippen molar-refractivity contribution in [2.45, 2.75) is 44.8 Å². The molecule has 1 N–H and O–H groups in total. The average Bonchev–Trinajstić information content (AvgIpc) is 2.95. The number of alkyl carbamates (subject to hydrolysis) is 1. The number of ether oxygens (including phenoxy) is 1. The Hall–Kier alpha value is -1.10. The maximum absolute atomic E-state index is 11.8. The highest BCUT2D eigenvalue weighted by molar-refractivity contribution is 9.10. The standard InChI is InChI=1S/C13H17BrN2O2/c1-12(2,3)18-11(17)16-13(7-8-13)9-5-4-6-10(14)15-9/h4-6H,7-8H2,1-3H3,(H,16,17). The Balaban J connectivity index is 2.07. The van der Waals surface area contributed by atoms with Crippen molar-refractivity contribution in [3.8, 4) is 0 Å². The highest BCUT2D eigenvalue weighted by Gasteiger charge is 2.48. The molecule has 5 heteroatoms. The van der Waals surface area contributed by atoms with Gasteiger partial charge in [-0.3, -0.25) is 0 Å². The van der Waals surface area contributed by atoms with Crippen LogP contribution in [-0.2, 0) is 10.3 Å². The molecule has 2 rings (SSSR count). The predicted octanol–water partition coefficient (Wildman–Crippen LogP) is 3.36. The van der Waals surface area contributed by atoms with E-state index >= 15 is 0 Å². The number of rotatable bonds is 2. The van der Waals surface area contributed by atoms with Crippen LogP contribution in [-0.4, -0.2) is 16.7 Å². The van der Waals surface area contributed by atoms with Gasteiger partial charge in [-0.05, 0) is 61.7 Å². The summed E-state index contributed by atoms with van der Waals surface area (Å²) in [6.07, 6.45) is 1.41. The van der Waals surface area contributed by atoms with Crippen LogP contribution in [0.2, 0.25) is 0 Å². The van der Waals surface area contributed by atoms with Crippen molar-refractivity contribution in [3.05, 3.63) is 28.5 Å². The molecule has 1 aliphatic rings. The first-order valence-corrected chi connectivity index (χ1v) is 6.74. The third-order valence-corrected chi connectivity index (χ3v) is 3.14. The Kier molecular flexibility index (Phi) is 3.36. The fourth-order valence-corrected chi connectivity index (χ4v) is 2.09. The molecule has 0 spiro atoms. The minimum Gasteiger partial charge on any atom is -0.444 e. The summed E-state index contributed by atoms with van der Waals surface area (Å²) in [5.41, 5.74) is 0.0551. The first-order valence-electron chi connectivity index (χ1n) is 5.95. The maximum Gasteiger partial charge on any atom is 0.408 e. The molecule has 1 amide bonds. The van der Waals surface area contributed by atoms with Crippen LogP contribution in [0.15, 0.2) is 22.8 Å². The van der Waals surface area contributed by atoms with Crippen molar-refractivity contribution in [1.29, 1.82) is 0 Å². The van der Waals surface area contributed by atoms with E-state index in [1.54, 1.807) is 0 Å². The molecule has 98 valence electrons. The molecule has 1 aromatic heterocycles. The lowest BCUT2D eigenvalue weighted by Gasteiger charge is -2.23. The van der Waals surface area contributed by atoms with Crippen LogP contribution in [0.3, 0.4) is 0 Å². The lowest BCUT2D eigenvalue weighted by molar-refractivity contribution is 0.0494. The number of carbonyl (C=O) groups is 1. The summed E-state index contributed by atoms with van der Waals surface area (Å²) < 4.78 is 6.05. The fraction of sp³-hybridized carbons (Fsp3) is 0.538. The van der Waals surface area contributed by atoms with E-state index in [4.69, 9.17) is 4.74 Å². The zero-order valence-corrected chi connectivity index (χ0v) is 12.4. The highest BCUT2D eigenvalue weighted by Crippen LogP contribution is 2.45. The van der Waals surface area contributed by atoms with Gasteiger partial charge in [0, 0.05) is 0 Å². The number of pyridine rings is 1. The summed E-state index contributed by atoms with van der Waals surface area (Å²) in [5.74, 6) is 0. The largest absolute Gasteiger partial charge is 0.444 e. The van der Waals surface area contributed by atoms with Crippen molar-refractivity contribution in [1.82, 2.24) is 10.3 Å². The van der Waals surface area contributed by atoms with Gasteiger partial charge < -0.3 is 10.1 Å². The summed E-state index contributed by atoms with van der Waals surface area (Å²) in [7, 11) is 0. The van der Waals surface area contributed by atoms with Crippen LogP contribution in [0.25, 0.3) is 0 Å². The first-order chi connectivity index (χ1) is 8.31. The second-order valence-corrected chi connectivity index (χ2v) is 6.37. The molecular weight excluding hydrogens is 296 g/mol. The van der Waals surface area contributed by atoms with Crippen LogP contribution in [0.1, 0.15) is 39.3 Å². The summed E-state index contributed by atoms with van der Waals surface area (Å²) in [5, 5.41) is 2.92. The first kappa shape index (κ1) is 13.3. The topological polar surface area (TPSA) is 51.2 Å². The molecule has 0 radical (unpaired) electrons. The number of hydrogen-bond acceptors (Lipinski definition) is 3.